The minimum Gasteiger partial charge on any atom is -0.349 e. The summed E-state index contributed by atoms with van der Waals surface area (Å²) < 4.78 is 23.1. The van der Waals surface area contributed by atoms with E-state index in [1.165, 1.54) is 5.56 Å². The molecule has 4 nitrogen and oxygen atoms in total. The van der Waals surface area contributed by atoms with Crippen LogP contribution in [0.5, 0.6) is 0 Å². The number of sulfone groups is 1. The summed E-state index contributed by atoms with van der Waals surface area (Å²) in [6.07, 6.45) is 0.436. The van der Waals surface area contributed by atoms with E-state index in [1.807, 2.05) is 0 Å². The highest BCUT2D eigenvalue weighted by molar-refractivity contribution is 7.91. The van der Waals surface area contributed by atoms with Crippen LogP contribution < -0.4 is 5.32 Å². The number of amides is 1. The van der Waals surface area contributed by atoms with Gasteiger partial charge < -0.3 is 5.32 Å². The predicted octanol–water partition coefficient (Wildman–Crippen LogP) is 3.06. The average Bonchev–Trinajstić information content (AvgIpc) is 2.84. The Balaban J connectivity index is 2.11. The van der Waals surface area contributed by atoms with E-state index in [2.05, 4.69) is 57.3 Å². The molecule has 23 heavy (non-hydrogen) atoms. The Morgan fingerprint density at radius 2 is 1.65 bits per heavy atom. The summed E-state index contributed by atoms with van der Waals surface area (Å²) in [7, 11) is -3.04. The minimum absolute atomic E-state index is 0.0179. The highest BCUT2D eigenvalue weighted by Gasteiger charge is 2.34. The van der Waals surface area contributed by atoms with Crippen LogP contribution in [0.25, 0.3) is 0 Å². The second kappa shape index (κ2) is 7.04. The van der Waals surface area contributed by atoms with Crippen molar-refractivity contribution >= 4 is 15.7 Å². The molecule has 0 bridgehead atoms. The van der Waals surface area contributed by atoms with Gasteiger partial charge in [-0.2, -0.15) is 0 Å². The molecular weight excluding hydrogens is 310 g/mol. The van der Waals surface area contributed by atoms with E-state index in [0.717, 1.165) is 5.56 Å². The molecular formula is C18H27NO3S. The molecule has 2 rings (SSSR count). The van der Waals surface area contributed by atoms with Crippen molar-refractivity contribution in [1.82, 2.24) is 5.32 Å². The number of hydrogen-bond donors (Lipinski definition) is 1. The van der Waals surface area contributed by atoms with Crippen molar-refractivity contribution < 1.29 is 13.2 Å². The Morgan fingerprint density at radius 3 is 2.09 bits per heavy atom. The lowest BCUT2D eigenvalue weighted by Crippen LogP contribution is -2.36. The number of carbonyl (C=O) groups is 1. The molecule has 1 amide bonds. The second-order valence-electron chi connectivity index (χ2n) is 7.15. The third-order valence-corrected chi connectivity index (χ3v) is 6.30. The molecule has 0 spiro atoms. The first kappa shape index (κ1) is 18.0. The van der Waals surface area contributed by atoms with Crippen molar-refractivity contribution in [3.05, 3.63) is 35.4 Å². The van der Waals surface area contributed by atoms with Crippen LogP contribution in [0.4, 0.5) is 0 Å². The maximum atomic E-state index is 12.4. The van der Waals surface area contributed by atoms with Crippen LogP contribution in [-0.2, 0) is 14.6 Å². The Bertz CT molecular complexity index is 647. The van der Waals surface area contributed by atoms with E-state index in [1.54, 1.807) is 0 Å². The minimum atomic E-state index is -3.04. The molecule has 1 aliphatic heterocycles. The number of rotatable bonds is 5. The summed E-state index contributed by atoms with van der Waals surface area (Å²) in [5, 5.41) is 3.06. The van der Waals surface area contributed by atoms with Crippen LogP contribution in [0, 0.1) is 11.8 Å². The Hall–Kier alpha value is -1.36. The second-order valence-corrected chi connectivity index (χ2v) is 9.38. The van der Waals surface area contributed by atoms with E-state index >= 15 is 0 Å². The summed E-state index contributed by atoms with van der Waals surface area (Å²) >= 11 is 0. The summed E-state index contributed by atoms with van der Waals surface area (Å²) in [6, 6.07) is 8.23. The van der Waals surface area contributed by atoms with Crippen LogP contribution in [0.15, 0.2) is 24.3 Å². The van der Waals surface area contributed by atoms with Crippen molar-refractivity contribution in [2.45, 2.75) is 46.1 Å². The standard InChI is InChI=1S/C18H27NO3S/c1-12(2)14-5-7-15(8-6-14)17(13(3)4)19-18(20)16-9-10-23(21,22)11-16/h5-8,12-13,16-17H,9-11H2,1-4H3,(H,19,20). The van der Waals surface area contributed by atoms with Gasteiger partial charge in [0.15, 0.2) is 9.84 Å². The molecule has 1 aliphatic rings. The normalized spacial score (nSPS) is 21.6. The SMILES string of the molecule is CC(C)c1ccc(C(NC(=O)C2CCS(=O)(=O)C2)C(C)C)cc1. The molecule has 0 aliphatic carbocycles. The summed E-state index contributed by atoms with van der Waals surface area (Å²) in [5.74, 6) is 0.270. The smallest absolute Gasteiger partial charge is 0.224 e. The number of carbonyl (C=O) groups excluding carboxylic acids is 1. The zero-order valence-corrected chi connectivity index (χ0v) is 15.2. The highest BCUT2D eigenvalue weighted by atomic mass is 32.2. The lowest BCUT2D eigenvalue weighted by molar-refractivity contribution is -0.125. The molecule has 128 valence electrons. The van der Waals surface area contributed by atoms with Crippen LogP contribution in [0.1, 0.15) is 57.2 Å². The van der Waals surface area contributed by atoms with Crippen molar-refractivity contribution in [3.63, 3.8) is 0 Å². The molecule has 1 aromatic rings. The monoisotopic (exact) mass is 337 g/mol. The van der Waals surface area contributed by atoms with E-state index in [-0.39, 0.29) is 29.4 Å². The van der Waals surface area contributed by atoms with Gasteiger partial charge in [0.2, 0.25) is 5.91 Å². The van der Waals surface area contributed by atoms with Gasteiger partial charge in [0.1, 0.15) is 0 Å². The molecule has 2 atom stereocenters. The molecule has 5 heteroatoms. The van der Waals surface area contributed by atoms with Crippen LogP contribution in [-0.4, -0.2) is 25.8 Å². The quantitative estimate of drug-likeness (QED) is 0.898. The summed E-state index contributed by atoms with van der Waals surface area (Å²) in [5.41, 5.74) is 2.34. The highest BCUT2D eigenvalue weighted by Crippen LogP contribution is 2.26. The summed E-state index contributed by atoms with van der Waals surface area (Å²) in [6.45, 7) is 8.42. The van der Waals surface area contributed by atoms with Gasteiger partial charge in [-0.1, -0.05) is 52.0 Å². The molecule has 0 saturated carbocycles. The Morgan fingerprint density at radius 1 is 1.09 bits per heavy atom. The fraction of sp³-hybridized carbons (Fsp3) is 0.611. The van der Waals surface area contributed by atoms with Crippen molar-refractivity contribution in [2.24, 2.45) is 11.8 Å². The van der Waals surface area contributed by atoms with Crippen molar-refractivity contribution in [2.75, 3.05) is 11.5 Å². The molecule has 2 unspecified atom stereocenters. The number of hydrogen-bond acceptors (Lipinski definition) is 3. The molecule has 0 aromatic heterocycles. The first-order valence-electron chi connectivity index (χ1n) is 8.30. The topological polar surface area (TPSA) is 63.2 Å². The first-order valence-corrected chi connectivity index (χ1v) is 10.1. The van der Waals surface area contributed by atoms with Crippen LogP contribution >= 0.6 is 0 Å². The van der Waals surface area contributed by atoms with Gasteiger partial charge >= 0.3 is 0 Å². The van der Waals surface area contributed by atoms with Gasteiger partial charge in [-0.25, -0.2) is 8.42 Å². The summed E-state index contributed by atoms with van der Waals surface area (Å²) in [4.78, 5) is 12.4. The zero-order valence-electron chi connectivity index (χ0n) is 14.4. The third-order valence-electron chi connectivity index (χ3n) is 4.53. The van der Waals surface area contributed by atoms with Gasteiger partial charge in [-0.05, 0) is 29.4 Å². The van der Waals surface area contributed by atoms with Gasteiger partial charge in [0.05, 0.1) is 23.5 Å². The first-order chi connectivity index (χ1) is 10.7. The maximum Gasteiger partial charge on any atom is 0.224 e. The zero-order chi connectivity index (χ0) is 17.2. The van der Waals surface area contributed by atoms with Crippen LogP contribution in [0.3, 0.4) is 0 Å². The predicted molar refractivity (Wildman–Crippen MR) is 93.0 cm³/mol. The largest absolute Gasteiger partial charge is 0.349 e. The Kier molecular flexibility index (Phi) is 5.50. The van der Waals surface area contributed by atoms with E-state index in [9.17, 15) is 13.2 Å². The number of benzene rings is 1. The van der Waals surface area contributed by atoms with Gasteiger partial charge in [0.25, 0.3) is 0 Å². The lowest BCUT2D eigenvalue weighted by atomic mass is 9.92. The van der Waals surface area contributed by atoms with Crippen molar-refractivity contribution in [3.8, 4) is 0 Å². The molecule has 1 heterocycles. The van der Waals surface area contributed by atoms with Gasteiger partial charge in [-0.3, -0.25) is 4.79 Å². The Labute approximate surface area is 139 Å². The van der Waals surface area contributed by atoms with Crippen molar-refractivity contribution in [1.29, 1.82) is 0 Å². The number of nitrogens with one attached hydrogen (secondary N) is 1. The maximum absolute atomic E-state index is 12.4. The van der Waals surface area contributed by atoms with E-state index in [0.29, 0.717) is 12.3 Å². The lowest BCUT2D eigenvalue weighted by Gasteiger charge is -2.25. The fourth-order valence-electron chi connectivity index (χ4n) is 3.00. The van der Waals surface area contributed by atoms with Gasteiger partial charge in [-0.15, -0.1) is 0 Å². The molecule has 1 saturated heterocycles. The van der Waals surface area contributed by atoms with E-state index < -0.39 is 15.8 Å². The molecule has 0 radical (unpaired) electrons. The fourth-order valence-corrected chi connectivity index (χ4v) is 4.74. The third kappa shape index (κ3) is 4.56. The molecule has 1 fully saturated rings. The molecule has 1 aromatic carbocycles. The average molecular weight is 337 g/mol. The van der Waals surface area contributed by atoms with Crippen LogP contribution in [0.2, 0.25) is 0 Å². The van der Waals surface area contributed by atoms with E-state index in [4.69, 9.17) is 0 Å². The van der Waals surface area contributed by atoms with Gasteiger partial charge in [0, 0.05) is 0 Å². The molecule has 1 N–H and O–H groups in total.